The molecule has 0 bridgehead atoms. The molecule has 0 aromatic heterocycles. The zero-order chi connectivity index (χ0) is 23.9. The van der Waals surface area contributed by atoms with Crippen molar-refractivity contribution in [3.63, 3.8) is 0 Å². The predicted octanol–water partition coefficient (Wildman–Crippen LogP) is 3.36. The van der Waals surface area contributed by atoms with E-state index in [4.69, 9.17) is 11.6 Å². The van der Waals surface area contributed by atoms with Gasteiger partial charge in [-0.3, -0.25) is 13.9 Å². The normalized spacial score (nSPS) is 12.2. The quantitative estimate of drug-likeness (QED) is 0.566. The number of halogens is 1. The van der Waals surface area contributed by atoms with Crippen molar-refractivity contribution in [1.29, 1.82) is 0 Å². The van der Waals surface area contributed by atoms with Crippen LogP contribution in [0.25, 0.3) is 0 Å². The number of carbonyl (C=O) groups excluding carboxylic acids is 2. The molecule has 9 heteroatoms. The van der Waals surface area contributed by atoms with Crippen LogP contribution in [-0.2, 0) is 26.2 Å². The van der Waals surface area contributed by atoms with Crippen LogP contribution < -0.4 is 9.62 Å². The van der Waals surface area contributed by atoms with Crippen molar-refractivity contribution in [2.45, 2.75) is 39.8 Å². The second kappa shape index (κ2) is 11.3. The maximum Gasteiger partial charge on any atom is 0.244 e. The van der Waals surface area contributed by atoms with E-state index in [-0.39, 0.29) is 12.5 Å². The third kappa shape index (κ3) is 6.71. The van der Waals surface area contributed by atoms with Crippen LogP contribution >= 0.6 is 11.6 Å². The van der Waals surface area contributed by atoms with Gasteiger partial charge < -0.3 is 10.2 Å². The Balaban J connectivity index is 2.44. The highest BCUT2D eigenvalue weighted by Crippen LogP contribution is 2.26. The highest BCUT2D eigenvalue weighted by Gasteiger charge is 2.31. The molecule has 2 aromatic carbocycles. The van der Waals surface area contributed by atoms with Gasteiger partial charge in [-0.25, -0.2) is 8.42 Å². The SMILES string of the molecule is CCNC(=O)[C@@H](CC)N(Cc1ccccc1)C(=O)CN(c1ccc(Cl)cc1C)S(C)(=O)=O. The molecule has 0 saturated carbocycles. The zero-order valence-electron chi connectivity index (χ0n) is 18.8. The van der Waals surface area contributed by atoms with Crippen molar-refractivity contribution in [3.8, 4) is 0 Å². The first-order valence-corrected chi connectivity index (χ1v) is 12.7. The van der Waals surface area contributed by atoms with Crippen LogP contribution in [0.4, 0.5) is 5.69 Å². The molecule has 0 unspecified atom stereocenters. The molecule has 2 amide bonds. The molecule has 32 heavy (non-hydrogen) atoms. The van der Waals surface area contributed by atoms with E-state index in [1.54, 1.807) is 25.1 Å². The summed E-state index contributed by atoms with van der Waals surface area (Å²) in [5.41, 5.74) is 1.84. The van der Waals surface area contributed by atoms with Gasteiger partial charge in [0.1, 0.15) is 12.6 Å². The summed E-state index contributed by atoms with van der Waals surface area (Å²) in [4.78, 5) is 27.6. The van der Waals surface area contributed by atoms with E-state index in [1.807, 2.05) is 44.2 Å². The van der Waals surface area contributed by atoms with E-state index in [9.17, 15) is 18.0 Å². The molecule has 0 aliphatic rings. The van der Waals surface area contributed by atoms with Gasteiger partial charge in [0, 0.05) is 18.1 Å². The Labute approximate surface area is 195 Å². The Kier molecular flexibility index (Phi) is 9.09. The smallest absolute Gasteiger partial charge is 0.244 e. The van der Waals surface area contributed by atoms with Crippen LogP contribution in [0.2, 0.25) is 5.02 Å². The van der Waals surface area contributed by atoms with Crippen molar-refractivity contribution in [2.24, 2.45) is 0 Å². The number of anilines is 1. The molecule has 0 radical (unpaired) electrons. The summed E-state index contributed by atoms with van der Waals surface area (Å²) in [6.45, 7) is 5.55. The predicted molar refractivity (Wildman–Crippen MR) is 128 cm³/mol. The molecule has 1 atom stereocenters. The number of hydrogen-bond donors (Lipinski definition) is 1. The monoisotopic (exact) mass is 479 g/mol. The van der Waals surface area contributed by atoms with Crippen molar-refractivity contribution in [3.05, 3.63) is 64.7 Å². The van der Waals surface area contributed by atoms with Crippen molar-refractivity contribution >= 4 is 39.1 Å². The van der Waals surface area contributed by atoms with E-state index in [1.165, 1.54) is 4.90 Å². The lowest BCUT2D eigenvalue weighted by molar-refractivity contribution is -0.140. The van der Waals surface area contributed by atoms with Gasteiger partial charge in [0.15, 0.2) is 0 Å². The number of likely N-dealkylation sites (N-methyl/N-ethyl adjacent to an activating group) is 1. The van der Waals surface area contributed by atoms with E-state index < -0.39 is 28.5 Å². The topological polar surface area (TPSA) is 86.8 Å². The van der Waals surface area contributed by atoms with Crippen molar-refractivity contribution in [2.75, 3.05) is 23.7 Å². The average Bonchev–Trinajstić information content (AvgIpc) is 2.72. The Morgan fingerprint density at radius 2 is 1.75 bits per heavy atom. The minimum atomic E-state index is -3.78. The Morgan fingerprint density at radius 1 is 1.09 bits per heavy atom. The fourth-order valence-corrected chi connectivity index (χ4v) is 4.62. The van der Waals surface area contributed by atoms with E-state index in [0.29, 0.717) is 29.2 Å². The zero-order valence-corrected chi connectivity index (χ0v) is 20.4. The number of benzene rings is 2. The van der Waals surface area contributed by atoms with Gasteiger partial charge in [0.05, 0.1) is 11.9 Å². The second-order valence-electron chi connectivity index (χ2n) is 7.53. The fraction of sp³-hybridized carbons (Fsp3) is 0.391. The third-order valence-corrected chi connectivity index (χ3v) is 6.40. The first-order chi connectivity index (χ1) is 15.1. The summed E-state index contributed by atoms with van der Waals surface area (Å²) in [7, 11) is -3.78. The maximum absolute atomic E-state index is 13.5. The van der Waals surface area contributed by atoms with Gasteiger partial charge in [-0.05, 0) is 49.6 Å². The molecule has 0 heterocycles. The lowest BCUT2D eigenvalue weighted by atomic mass is 10.1. The van der Waals surface area contributed by atoms with Crippen LogP contribution in [0, 0.1) is 6.92 Å². The summed E-state index contributed by atoms with van der Waals surface area (Å²) >= 11 is 6.02. The minimum absolute atomic E-state index is 0.187. The van der Waals surface area contributed by atoms with Gasteiger partial charge in [-0.2, -0.15) is 0 Å². The first kappa shape index (κ1) is 25.7. The number of aryl methyl sites for hydroxylation is 1. The average molecular weight is 480 g/mol. The summed E-state index contributed by atoms with van der Waals surface area (Å²) in [6, 6.07) is 13.4. The van der Waals surface area contributed by atoms with E-state index in [2.05, 4.69) is 5.32 Å². The molecule has 0 spiro atoms. The van der Waals surface area contributed by atoms with E-state index in [0.717, 1.165) is 16.1 Å². The van der Waals surface area contributed by atoms with Crippen molar-refractivity contribution in [1.82, 2.24) is 10.2 Å². The molecule has 2 rings (SSSR count). The third-order valence-electron chi connectivity index (χ3n) is 5.04. The van der Waals surface area contributed by atoms with Crippen LogP contribution in [0.3, 0.4) is 0 Å². The molecular weight excluding hydrogens is 450 g/mol. The number of hydrogen-bond acceptors (Lipinski definition) is 4. The standard InChI is InChI=1S/C23H30ClN3O4S/c1-5-20(23(29)25-6-2)26(15-18-10-8-7-9-11-18)22(28)16-27(32(4,30)31)21-13-12-19(24)14-17(21)3/h7-14,20H,5-6,15-16H2,1-4H3,(H,25,29)/t20-/m1/s1. The largest absolute Gasteiger partial charge is 0.355 e. The maximum atomic E-state index is 13.5. The first-order valence-electron chi connectivity index (χ1n) is 10.4. The van der Waals surface area contributed by atoms with Crippen LogP contribution in [0.5, 0.6) is 0 Å². The van der Waals surface area contributed by atoms with Gasteiger partial charge in [0.25, 0.3) is 0 Å². The molecule has 1 N–H and O–H groups in total. The fourth-order valence-electron chi connectivity index (χ4n) is 3.49. The van der Waals surface area contributed by atoms with Gasteiger partial charge in [0.2, 0.25) is 21.8 Å². The van der Waals surface area contributed by atoms with Gasteiger partial charge >= 0.3 is 0 Å². The summed E-state index contributed by atoms with van der Waals surface area (Å²) in [6.07, 6.45) is 1.44. The molecule has 0 saturated heterocycles. The summed E-state index contributed by atoms with van der Waals surface area (Å²) < 4.78 is 26.3. The highest BCUT2D eigenvalue weighted by molar-refractivity contribution is 7.92. The number of nitrogens with zero attached hydrogens (tertiary/aromatic N) is 2. The summed E-state index contributed by atoms with van der Waals surface area (Å²) in [5, 5.41) is 3.24. The molecule has 174 valence electrons. The second-order valence-corrected chi connectivity index (χ2v) is 9.87. The number of sulfonamides is 1. The molecule has 0 fully saturated rings. The molecular formula is C23H30ClN3O4S. The number of amides is 2. The van der Waals surface area contributed by atoms with Gasteiger partial charge in [-0.1, -0.05) is 48.9 Å². The van der Waals surface area contributed by atoms with Gasteiger partial charge in [-0.15, -0.1) is 0 Å². The molecule has 0 aliphatic carbocycles. The Morgan fingerprint density at radius 3 is 2.28 bits per heavy atom. The van der Waals surface area contributed by atoms with Crippen molar-refractivity contribution < 1.29 is 18.0 Å². The minimum Gasteiger partial charge on any atom is -0.355 e. The summed E-state index contributed by atoms with van der Waals surface area (Å²) in [5.74, 6) is -0.736. The molecule has 7 nitrogen and oxygen atoms in total. The van der Waals surface area contributed by atoms with E-state index >= 15 is 0 Å². The molecule has 0 aliphatic heterocycles. The Hall–Kier alpha value is -2.58. The van der Waals surface area contributed by atoms with Crippen LogP contribution in [-0.4, -0.2) is 50.5 Å². The lowest BCUT2D eigenvalue weighted by Gasteiger charge is -2.33. The van der Waals surface area contributed by atoms with Crippen LogP contribution in [0.1, 0.15) is 31.4 Å². The number of rotatable bonds is 10. The molecule has 2 aromatic rings. The number of carbonyl (C=O) groups is 2. The lowest BCUT2D eigenvalue weighted by Crippen LogP contribution is -2.52. The Bertz CT molecular complexity index is 1040. The number of nitrogens with one attached hydrogen (secondary N) is 1. The van der Waals surface area contributed by atoms with Crippen LogP contribution in [0.15, 0.2) is 48.5 Å². The highest BCUT2D eigenvalue weighted by atomic mass is 35.5.